The van der Waals surface area contributed by atoms with Crippen molar-refractivity contribution in [3.05, 3.63) is 36.4 Å². The lowest BCUT2D eigenvalue weighted by molar-refractivity contribution is 0.0687. The van der Waals surface area contributed by atoms with Gasteiger partial charge in [0.15, 0.2) is 11.4 Å². The zero-order chi connectivity index (χ0) is 11.5. The largest absolute Gasteiger partial charge is 0.476 e. The van der Waals surface area contributed by atoms with Crippen LogP contribution in [0.4, 0.5) is 0 Å². The molecule has 0 saturated heterocycles. The molecule has 0 atom stereocenters. The number of aromatic nitrogens is 3. The third-order valence-electron chi connectivity index (χ3n) is 1.95. The number of carboxylic acids is 1. The van der Waals surface area contributed by atoms with E-state index in [0.29, 0.717) is 6.01 Å². The van der Waals surface area contributed by atoms with Crippen LogP contribution >= 0.6 is 0 Å². The van der Waals surface area contributed by atoms with Crippen molar-refractivity contribution in [2.24, 2.45) is 7.05 Å². The molecule has 2 aromatic rings. The summed E-state index contributed by atoms with van der Waals surface area (Å²) in [4.78, 5) is 18.5. The molecule has 0 spiro atoms. The molecule has 2 heterocycles. The third-order valence-corrected chi connectivity index (χ3v) is 1.95. The summed E-state index contributed by atoms with van der Waals surface area (Å²) >= 11 is 0. The van der Waals surface area contributed by atoms with Crippen molar-refractivity contribution in [2.75, 3.05) is 0 Å². The van der Waals surface area contributed by atoms with Crippen molar-refractivity contribution >= 4 is 5.97 Å². The van der Waals surface area contributed by atoms with Crippen molar-refractivity contribution in [3.8, 4) is 11.8 Å². The molecule has 0 aliphatic rings. The standard InChI is InChI=1S/C10H9N3O3/c1-13-6-5-12-10(13)16-7-3-2-4-11-8(7)9(14)15/h2-6H,1H3,(H,14,15). The number of hydrogen-bond acceptors (Lipinski definition) is 4. The predicted octanol–water partition coefficient (Wildman–Crippen LogP) is 1.31. The molecule has 0 saturated carbocycles. The van der Waals surface area contributed by atoms with Gasteiger partial charge in [0.05, 0.1) is 0 Å². The monoisotopic (exact) mass is 219 g/mol. The van der Waals surface area contributed by atoms with Gasteiger partial charge in [-0.3, -0.25) is 0 Å². The number of aromatic carboxylic acids is 1. The van der Waals surface area contributed by atoms with Gasteiger partial charge in [0, 0.05) is 25.6 Å². The quantitative estimate of drug-likeness (QED) is 0.841. The van der Waals surface area contributed by atoms with E-state index in [1.165, 1.54) is 12.3 Å². The maximum Gasteiger partial charge on any atom is 0.358 e. The Kier molecular flexibility index (Phi) is 2.55. The van der Waals surface area contributed by atoms with Gasteiger partial charge < -0.3 is 14.4 Å². The van der Waals surface area contributed by atoms with Crippen molar-refractivity contribution in [1.29, 1.82) is 0 Å². The highest BCUT2D eigenvalue weighted by Crippen LogP contribution is 2.21. The highest BCUT2D eigenvalue weighted by Gasteiger charge is 2.14. The normalized spacial score (nSPS) is 10.1. The van der Waals surface area contributed by atoms with Gasteiger partial charge in [-0.2, -0.15) is 0 Å². The van der Waals surface area contributed by atoms with Crippen molar-refractivity contribution in [2.45, 2.75) is 0 Å². The van der Waals surface area contributed by atoms with E-state index in [2.05, 4.69) is 9.97 Å². The number of rotatable bonds is 3. The first-order valence-corrected chi connectivity index (χ1v) is 4.52. The molecule has 0 aromatic carbocycles. The van der Waals surface area contributed by atoms with Crippen LogP contribution in [0.1, 0.15) is 10.5 Å². The molecule has 82 valence electrons. The average molecular weight is 219 g/mol. The van der Waals surface area contributed by atoms with E-state index in [4.69, 9.17) is 9.84 Å². The molecule has 6 heteroatoms. The second-order valence-corrected chi connectivity index (χ2v) is 3.08. The Morgan fingerprint density at radius 1 is 1.44 bits per heavy atom. The molecule has 2 aromatic heterocycles. The van der Waals surface area contributed by atoms with Crippen LogP contribution in [0.5, 0.6) is 11.8 Å². The lowest BCUT2D eigenvalue weighted by atomic mass is 10.3. The van der Waals surface area contributed by atoms with Gasteiger partial charge in [0.25, 0.3) is 0 Å². The van der Waals surface area contributed by atoms with E-state index in [0.717, 1.165) is 0 Å². The molecule has 0 unspecified atom stereocenters. The number of nitrogens with zero attached hydrogens (tertiary/aromatic N) is 3. The molecule has 16 heavy (non-hydrogen) atoms. The number of imidazole rings is 1. The Morgan fingerprint density at radius 2 is 2.25 bits per heavy atom. The first kappa shape index (κ1) is 10.2. The molecule has 0 aliphatic heterocycles. The molecule has 0 aliphatic carbocycles. The summed E-state index contributed by atoms with van der Waals surface area (Å²) in [6.45, 7) is 0. The minimum atomic E-state index is -1.13. The van der Waals surface area contributed by atoms with Crippen LogP contribution in [-0.2, 0) is 7.05 Å². The van der Waals surface area contributed by atoms with Gasteiger partial charge in [-0.25, -0.2) is 14.8 Å². The molecule has 0 amide bonds. The fourth-order valence-electron chi connectivity index (χ4n) is 1.18. The number of ether oxygens (including phenoxy) is 1. The first-order chi connectivity index (χ1) is 7.68. The van der Waals surface area contributed by atoms with E-state index in [-0.39, 0.29) is 11.4 Å². The average Bonchev–Trinajstić information content (AvgIpc) is 2.65. The van der Waals surface area contributed by atoms with Crippen molar-refractivity contribution in [1.82, 2.24) is 14.5 Å². The van der Waals surface area contributed by atoms with E-state index in [1.807, 2.05) is 0 Å². The minimum Gasteiger partial charge on any atom is -0.476 e. The fraction of sp³-hybridized carbons (Fsp3) is 0.100. The molecule has 0 bridgehead atoms. The van der Waals surface area contributed by atoms with Crippen LogP contribution in [0.15, 0.2) is 30.7 Å². The van der Waals surface area contributed by atoms with Gasteiger partial charge in [-0.15, -0.1) is 0 Å². The number of pyridine rings is 1. The Hall–Kier alpha value is -2.37. The summed E-state index contributed by atoms with van der Waals surface area (Å²) in [5.41, 5.74) is -0.134. The Balaban J connectivity index is 2.35. The van der Waals surface area contributed by atoms with E-state index in [1.54, 1.807) is 30.1 Å². The lowest BCUT2D eigenvalue weighted by Crippen LogP contribution is -2.04. The van der Waals surface area contributed by atoms with Gasteiger partial charge in [-0.05, 0) is 12.1 Å². The predicted molar refractivity (Wildman–Crippen MR) is 54.5 cm³/mol. The number of hydrogen-bond donors (Lipinski definition) is 1. The van der Waals surface area contributed by atoms with Crippen LogP contribution in [0.25, 0.3) is 0 Å². The smallest absolute Gasteiger partial charge is 0.358 e. The molecule has 2 rings (SSSR count). The Morgan fingerprint density at radius 3 is 2.88 bits per heavy atom. The Bertz CT molecular complexity index is 522. The molecular formula is C10H9N3O3. The van der Waals surface area contributed by atoms with E-state index >= 15 is 0 Å². The maximum absolute atomic E-state index is 10.9. The molecular weight excluding hydrogens is 210 g/mol. The van der Waals surface area contributed by atoms with Crippen LogP contribution in [0, 0.1) is 0 Å². The zero-order valence-electron chi connectivity index (χ0n) is 8.49. The summed E-state index contributed by atoms with van der Waals surface area (Å²) < 4.78 is 6.99. The highest BCUT2D eigenvalue weighted by molar-refractivity contribution is 5.88. The molecule has 0 fully saturated rings. The van der Waals surface area contributed by atoms with Gasteiger partial charge in [0.2, 0.25) is 0 Å². The highest BCUT2D eigenvalue weighted by atomic mass is 16.5. The SMILES string of the molecule is Cn1ccnc1Oc1cccnc1C(=O)O. The third kappa shape index (κ3) is 1.85. The zero-order valence-corrected chi connectivity index (χ0v) is 8.49. The fourth-order valence-corrected chi connectivity index (χ4v) is 1.18. The van der Waals surface area contributed by atoms with Crippen molar-refractivity contribution in [3.63, 3.8) is 0 Å². The molecule has 0 radical (unpaired) electrons. The van der Waals surface area contributed by atoms with Crippen LogP contribution in [0.3, 0.4) is 0 Å². The van der Waals surface area contributed by atoms with Crippen LogP contribution in [0.2, 0.25) is 0 Å². The van der Waals surface area contributed by atoms with E-state index < -0.39 is 5.97 Å². The van der Waals surface area contributed by atoms with Crippen LogP contribution in [-0.4, -0.2) is 25.6 Å². The topological polar surface area (TPSA) is 77.2 Å². The maximum atomic E-state index is 10.9. The van der Waals surface area contributed by atoms with E-state index in [9.17, 15) is 4.79 Å². The summed E-state index contributed by atoms with van der Waals surface area (Å²) in [7, 11) is 1.75. The van der Waals surface area contributed by atoms with Crippen LogP contribution < -0.4 is 4.74 Å². The van der Waals surface area contributed by atoms with Crippen molar-refractivity contribution < 1.29 is 14.6 Å². The van der Waals surface area contributed by atoms with Gasteiger partial charge in [-0.1, -0.05) is 0 Å². The summed E-state index contributed by atoms with van der Waals surface area (Å²) in [5.74, 6) is -0.964. The number of aryl methyl sites for hydroxylation is 1. The lowest BCUT2D eigenvalue weighted by Gasteiger charge is -2.06. The molecule has 6 nitrogen and oxygen atoms in total. The summed E-state index contributed by atoms with van der Waals surface area (Å²) in [6, 6.07) is 3.45. The van der Waals surface area contributed by atoms with Gasteiger partial charge in [0.1, 0.15) is 0 Å². The summed E-state index contributed by atoms with van der Waals surface area (Å²) in [6.07, 6.45) is 4.66. The second-order valence-electron chi connectivity index (χ2n) is 3.08. The Labute approximate surface area is 91.1 Å². The first-order valence-electron chi connectivity index (χ1n) is 4.52. The second kappa shape index (κ2) is 4.01. The minimum absolute atomic E-state index is 0.134. The number of carbonyl (C=O) groups is 1. The molecule has 1 N–H and O–H groups in total. The van der Waals surface area contributed by atoms with Gasteiger partial charge >= 0.3 is 12.0 Å². The summed E-state index contributed by atoms with van der Waals surface area (Å²) in [5, 5.41) is 8.89. The number of carboxylic acid groups (broad SMARTS) is 1.